The van der Waals surface area contributed by atoms with Gasteiger partial charge in [-0.25, -0.2) is 9.48 Å². The van der Waals surface area contributed by atoms with Gasteiger partial charge in [0.05, 0.1) is 31.9 Å². The van der Waals surface area contributed by atoms with E-state index in [-0.39, 0.29) is 0 Å². The van der Waals surface area contributed by atoms with Crippen LogP contribution in [0.4, 0.5) is 0 Å². The van der Waals surface area contributed by atoms with Crippen molar-refractivity contribution in [2.45, 2.75) is 13.3 Å². The van der Waals surface area contributed by atoms with E-state index in [2.05, 4.69) is 5.10 Å². The van der Waals surface area contributed by atoms with E-state index in [1.165, 1.54) is 20.5 Å². The fourth-order valence-corrected chi connectivity index (χ4v) is 2.97. The van der Waals surface area contributed by atoms with Gasteiger partial charge in [-0.15, -0.1) is 0 Å². The van der Waals surface area contributed by atoms with E-state index in [1.807, 2.05) is 72.4 Å². The van der Waals surface area contributed by atoms with Crippen LogP contribution in [0.5, 0.6) is 0 Å². The van der Waals surface area contributed by atoms with E-state index in [9.17, 15) is 4.79 Å². The largest absolute Gasteiger partial charge is 0.503 e. The SMILES string of the molecule is CO/C=C(/C(=O)OC)c1ccccc1Cc1cn(-c2ccccc2)nc1C. The third kappa shape index (κ3) is 4.08. The summed E-state index contributed by atoms with van der Waals surface area (Å²) < 4.78 is 11.9. The molecule has 0 aliphatic rings. The van der Waals surface area contributed by atoms with Crippen molar-refractivity contribution in [2.75, 3.05) is 14.2 Å². The molecule has 0 amide bonds. The molecule has 0 unspecified atom stereocenters. The molecule has 5 nitrogen and oxygen atoms in total. The third-order valence-corrected chi connectivity index (χ3v) is 4.35. The Labute approximate surface area is 158 Å². The quantitative estimate of drug-likeness (QED) is 0.379. The first-order valence-electron chi connectivity index (χ1n) is 8.64. The molecule has 0 aliphatic carbocycles. The molecule has 27 heavy (non-hydrogen) atoms. The van der Waals surface area contributed by atoms with E-state index >= 15 is 0 Å². The van der Waals surface area contributed by atoms with Gasteiger partial charge < -0.3 is 9.47 Å². The van der Waals surface area contributed by atoms with Crippen molar-refractivity contribution >= 4 is 11.5 Å². The molecule has 3 aromatic rings. The van der Waals surface area contributed by atoms with E-state index in [1.54, 1.807) is 0 Å². The molecule has 2 aromatic carbocycles. The van der Waals surface area contributed by atoms with E-state index in [0.29, 0.717) is 12.0 Å². The predicted molar refractivity (Wildman–Crippen MR) is 105 cm³/mol. The fraction of sp³-hybridized carbons (Fsp3) is 0.182. The number of rotatable bonds is 6. The molecule has 0 atom stereocenters. The Morgan fingerprint density at radius 1 is 1.04 bits per heavy atom. The first-order valence-corrected chi connectivity index (χ1v) is 8.64. The van der Waals surface area contributed by atoms with Gasteiger partial charge in [-0.1, -0.05) is 42.5 Å². The summed E-state index contributed by atoms with van der Waals surface area (Å²) in [6.45, 7) is 1.99. The average Bonchev–Trinajstić information content (AvgIpc) is 3.07. The smallest absolute Gasteiger partial charge is 0.341 e. The zero-order valence-corrected chi connectivity index (χ0v) is 15.7. The maximum atomic E-state index is 12.2. The van der Waals surface area contributed by atoms with Crippen molar-refractivity contribution in [3.63, 3.8) is 0 Å². The van der Waals surface area contributed by atoms with Crippen molar-refractivity contribution in [2.24, 2.45) is 0 Å². The first kappa shape index (κ1) is 18.5. The molecule has 0 spiro atoms. The van der Waals surface area contributed by atoms with Crippen LogP contribution in [0.3, 0.4) is 0 Å². The Balaban J connectivity index is 1.97. The van der Waals surface area contributed by atoms with Gasteiger partial charge in [-0.05, 0) is 35.7 Å². The molecular weight excluding hydrogens is 340 g/mol. The van der Waals surface area contributed by atoms with Gasteiger partial charge in [0.1, 0.15) is 5.57 Å². The summed E-state index contributed by atoms with van der Waals surface area (Å²) in [6.07, 6.45) is 4.09. The molecule has 0 saturated carbocycles. The second kappa shape index (κ2) is 8.36. The predicted octanol–water partition coefficient (Wildman–Crippen LogP) is 3.93. The number of esters is 1. The number of nitrogens with zero attached hydrogens (tertiary/aromatic N) is 2. The van der Waals surface area contributed by atoms with Crippen molar-refractivity contribution in [1.82, 2.24) is 9.78 Å². The lowest BCUT2D eigenvalue weighted by Gasteiger charge is -2.11. The maximum absolute atomic E-state index is 12.2. The molecule has 138 valence electrons. The number of carbonyl (C=O) groups excluding carboxylic acids is 1. The number of benzene rings is 2. The average molecular weight is 362 g/mol. The fourth-order valence-electron chi connectivity index (χ4n) is 2.97. The summed E-state index contributed by atoms with van der Waals surface area (Å²) in [5.74, 6) is -0.430. The van der Waals surface area contributed by atoms with Crippen molar-refractivity contribution in [3.05, 3.63) is 89.4 Å². The van der Waals surface area contributed by atoms with Crippen LogP contribution in [0.1, 0.15) is 22.4 Å². The van der Waals surface area contributed by atoms with E-state index in [0.717, 1.165) is 28.1 Å². The van der Waals surface area contributed by atoms with Gasteiger partial charge in [0.2, 0.25) is 0 Å². The van der Waals surface area contributed by atoms with E-state index < -0.39 is 5.97 Å². The summed E-state index contributed by atoms with van der Waals surface area (Å²) in [6, 6.07) is 17.7. The number of methoxy groups -OCH3 is 2. The highest BCUT2D eigenvalue weighted by Crippen LogP contribution is 2.24. The molecule has 0 fully saturated rings. The summed E-state index contributed by atoms with van der Waals surface area (Å²) >= 11 is 0. The second-order valence-electron chi connectivity index (χ2n) is 6.11. The Hall–Kier alpha value is -3.34. The lowest BCUT2D eigenvalue weighted by Crippen LogP contribution is -2.07. The van der Waals surface area contributed by atoms with Gasteiger partial charge in [0.25, 0.3) is 0 Å². The van der Waals surface area contributed by atoms with Crippen LogP contribution >= 0.6 is 0 Å². The van der Waals surface area contributed by atoms with Crippen LogP contribution in [-0.2, 0) is 20.7 Å². The molecular formula is C22H22N2O3. The number of hydrogen-bond donors (Lipinski definition) is 0. The molecule has 3 rings (SSSR count). The Morgan fingerprint density at radius 2 is 1.74 bits per heavy atom. The number of hydrogen-bond acceptors (Lipinski definition) is 4. The van der Waals surface area contributed by atoms with Crippen LogP contribution in [0.15, 0.2) is 67.1 Å². The van der Waals surface area contributed by atoms with Gasteiger partial charge in [0.15, 0.2) is 0 Å². The van der Waals surface area contributed by atoms with Crippen LogP contribution in [0, 0.1) is 6.92 Å². The summed E-state index contributed by atoms with van der Waals surface area (Å²) in [5, 5.41) is 4.62. The number of ether oxygens (including phenoxy) is 2. The lowest BCUT2D eigenvalue weighted by molar-refractivity contribution is -0.133. The molecule has 5 heteroatoms. The minimum absolute atomic E-state index is 0.392. The highest BCUT2D eigenvalue weighted by Gasteiger charge is 2.18. The van der Waals surface area contributed by atoms with Gasteiger partial charge in [-0.3, -0.25) is 0 Å². The molecule has 0 aliphatic heterocycles. The lowest BCUT2D eigenvalue weighted by atomic mass is 9.95. The highest BCUT2D eigenvalue weighted by molar-refractivity contribution is 6.16. The van der Waals surface area contributed by atoms with Gasteiger partial charge in [0, 0.05) is 12.6 Å². The summed E-state index contributed by atoms with van der Waals surface area (Å²) in [5.41, 5.74) is 5.23. The minimum Gasteiger partial charge on any atom is -0.503 e. The normalized spacial score (nSPS) is 11.3. The monoisotopic (exact) mass is 362 g/mol. The first-order chi connectivity index (χ1) is 13.1. The van der Waals surface area contributed by atoms with Crippen molar-refractivity contribution in [3.8, 4) is 5.69 Å². The minimum atomic E-state index is -0.430. The van der Waals surface area contributed by atoms with Gasteiger partial charge in [-0.2, -0.15) is 5.10 Å². The van der Waals surface area contributed by atoms with Crippen molar-refractivity contribution in [1.29, 1.82) is 0 Å². The standard InChI is InChI=1S/C22H22N2O3/c1-16-18(14-24(23-16)19-10-5-4-6-11-19)13-17-9-7-8-12-20(17)21(15-26-2)22(25)27-3/h4-12,14-15H,13H2,1-3H3/b21-15+. The molecule has 1 heterocycles. The van der Waals surface area contributed by atoms with Crippen LogP contribution in [-0.4, -0.2) is 30.0 Å². The topological polar surface area (TPSA) is 53.4 Å². The Bertz CT molecular complexity index is 959. The Morgan fingerprint density at radius 3 is 2.44 bits per heavy atom. The second-order valence-corrected chi connectivity index (χ2v) is 6.11. The van der Waals surface area contributed by atoms with Crippen LogP contribution < -0.4 is 0 Å². The third-order valence-electron chi connectivity index (χ3n) is 4.35. The number of para-hydroxylation sites is 1. The molecule has 0 bridgehead atoms. The van der Waals surface area contributed by atoms with Crippen molar-refractivity contribution < 1.29 is 14.3 Å². The summed E-state index contributed by atoms with van der Waals surface area (Å²) in [4.78, 5) is 12.2. The van der Waals surface area contributed by atoms with Crippen LogP contribution in [0.25, 0.3) is 11.3 Å². The zero-order valence-electron chi connectivity index (χ0n) is 15.7. The molecule has 1 aromatic heterocycles. The zero-order chi connectivity index (χ0) is 19.2. The van der Waals surface area contributed by atoms with E-state index in [4.69, 9.17) is 9.47 Å². The number of aryl methyl sites for hydroxylation is 1. The highest BCUT2D eigenvalue weighted by atomic mass is 16.5. The molecule has 0 N–H and O–H groups in total. The molecule has 0 saturated heterocycles. The van der Waals surface area contributed by atoms with Gasteiger partial charge >= 0.3 is 5.97 Å². The molecule has 0 radical (unpaired) electrons. The van der Waals surface area contributed by atoms with Crippen LogP contribution in [0.2, 0.25) is 0 Å². The number of aromatic nitrogens is 2. The summed E-state index contributed by atoms with van der Waals surface area (Å²) in [7, 11) is 2.88. The maximum Gasteiger partial charge on any atom is 0.341 e. The Kier molecular flexibility index (Phi) is 5.71. The number of carbonyl (C=O) groups is 1.